The van der Waals surface area contributed by atoms with Crippen LogP contribution in [-0.4, -0.2) is 16.1 Å². The Hall–Kier alpha value is -1.13. The molecular weight excluding hydrogens is 314 g/mol. The molecule has 3 nitrogen and oxygen atoms in total. The van der Waals surface area contributed by atoms with E-state index < -0.39 is 0 Å². The van der Waals surface area contributed by atoms with Crippen molar-refractivity contribution in [2.75, 3.05) is 6.54 Å². The molecule has 106 valence electrons. The zero-order valence-corrected chi connectivity index (χ0v) is 13.1. The topological polar surface area (TPSA) is 43.8 Å². The Balaban J connectivity index is 1.94. The summed E-state index contributed by atoms with van der Waals surface area (Å²) in [6.45, 7) is 0.685. The molecule has 1 aromatic heterocycles. The first-order valence-electron chi connectivity index (χ1n) is 7.27. The van der Waals surface area contributed by atoms with E-state index in [2.05, 4.69) is 49.7 Å². The average Bonchev–Trinajstić information content (AvgIpc) is 3.13. The van der Waals surface area contributed by atoms with Crippen molar-refractivity contribution in [1.82, 2.24) is 9.55 Å². The third-order valence-corrected chi connectivity index (χ3v) is 4.88. The first kappa shape index (κ1) is 13.8. The molecule has 0 bridgehead atoms. The fourth-order valence-electron chi connectivity index (χ4n) is 3.29. The molecule has 1 saturated carbocycles. The zero-order chi connectivity index (χ0) is 13.9. The van der Waals surface area contributed by atoms with Gasteiger partial charge in [-0.3, -0.25) is 0 Å². The number of nitrogens with two attached hydrogens (primary N) is 1. The minimum absolute atomic E-state index is 0.374. The monoisotopic (exact) mass is 333 g/mol. The highest BCUT2D eigenvalue weighted by atomic mass is 79.9. The van der Waals surface area contributed by atoms with Gasteiger partial charge in [0.2, 0.25) is 0 Å². The molecule has 1 unspecified atom stereocenters. The zero-order valence-electron chi connectivity index (χ0n) is 11.5. The van der Waals surface area contributed by atoms with Crippen LogP contribution in [0.5, 0.6) is 0 Å². The van der Waals surface area contributed by atoms with E-state index in [1.807, 2.05) is 12.5 Å². The number of halogens is 1. The van der Waals surface area contributed by atoms with Crippen LogP contribution in [0.2, 0.25) is 0 Å². The highest BCUT2D eigenvalue weighted by molar-refractivity contribution is 9.10. The van der Waals surface area contributed by atoms with Gasteiger partial charge in [0.15, 0.2) is 0 Å². The molecule has 0 aliphatic heterocycles. The van der Waals surface area contributed by atoms with E-state index in [9.17, 15) is 0 Å². The molecule has 1 heterocycles. The van der Waals surface area contributed by atoms with Gasteiger partial charge < -0.3 is 10.3 Å². The van der Waals surface area contributed by atoms with E-state index in [-0.39, 0.29) is 0 Å². The molecular formula is C16H20BrN3. The summed E-state index contributed by atoms with van der Waals surface area (Å²) in [5.74, 6) is 0.698. The summed E-state index contributed by atoms with van der Waals surface area (Å²) in [5.41, 5.74) is 8.42. The molecule has 2 aromatic rings. The minimum Gasteiger partial charge on any atom is -0.328 e. The van der Waals surface area contributed by atoms with Crippen molar-refractivity contribution in [1.29, 1.82) is 0 Å². The SMILES string of the molecule is NCC(C1CCCC1)n1cncc1-c1ccc(Br)cc1. The molecule has 4 heteroatoms. The van der Waals surface area contributed by atoms with Gasteiger partial charge in [0.25, 0.3) is 0 Å². The lowest BCUT2D eigenvalue weighted by Gasteiger charge is -2.25. The molecule has 1 aromatic carbocycles. The number of nitrogens with zero attached hydrogens (tertiary/aromatic N) is 2. The first-order chi connectivity index (χ1) is 9.79. The van der Waals surface area contributed by atoms with Gasteiger partial charge in [0, 0.05) is 11.0 Å². The normalized spacial score (nSPS) is 17.5. The van der Waals surface area contributed by atoms with Crippen molar-refractivity contribution in [2.45, 2.75) is 31.7 Å². The molecule has 1 aliphatic carbocycles. The Kier molecular flexibility index (Phi) is 4.22. The maximum atomic E-state index is 6.06. The van der Waals surface area contributed by atoms with Crippen LogP contribution in [0.3, 0.4) is 0 Å². The minimum atomic E-state index is 0.374. The van der Waals surface area contributed by atoms with Crippen molar-refractivity contribution >= 4 is 15.9 Å². The number of aromatic nitrogens is 2. The summed E-state index contributed by atoms with van der Waals surface area (Å²) < 4.78 is 3.37. The van der Waals surface area contributed by atoms with E-state index >= 15 is 0 Å². The Morgan fingerprint density at radius 2 is 1.95 bits per heavy atom. The van der Waals surface area contributed by atoms with Crippen molar-refractivity contribution in [3.63, 3.8) is 0 Å². The molecule has 20 heavy (non-hydrogen) atoms. The van der Waals surface area contributed by atoms with Crippen molar-refractivity contribution < 1.29 is 0 Å². The van der Waals surface area contributed by atoms with Crippen LogP contribution in [0.15, 0.2) is 41.3 Å². The second kappa shape index (κ2) is 6.10. The van der Waals surface area contributed by atoms with Gasteiger partial charge in [-0.05, 0) is 36.5 Å². The molecule has 0 amide bonds. The van der Waals surface area contributed by atoms with Gasteiger partial charge in [-0.15, -0.1) is 0 Å². The molecule has 0 radical (unpaired) electrons. The smallest absolute Gasteiger partial charge is 0.0954 e. The fraction of sp³-hybridized carbons (Fsp3) is 0.438. The van der Waals surface area contributed by atoms with Crippen LogP contribution in [0, 0.1) is 5.92 Å². The van der Waals surface area contributed by atoms with E-state index in [4.69, 9.17) is 5.73 Å². The second-order valence-corrected chi connectivity index (χ2v) is 6.46. The van der Waals surface area contributed by atoms with Gasteiger partial charge in [-0.1, -0.05) is 40.9 Å². The number of rotatable bonds is 4. The standard InChI is InChI=1S/C16H20BrN3/c17-14-7-5-13(6-8-14)16-10-19-11-20(16)15(9-18)12-3-1-2-4-12/h5-8,10-12,15H,1-4,9,18H2. The molecule has 1 atom stereocenters. The number of hydrogen-bond donors (Lipinski definition) is 1. The maximum Gasteiger partial charge on any atom is 0.0954 e. The van der Waals surface area contributed by atoms with E-state index in [1.54, 1.807) is 0 Å². The maximum absolute atomic E-state index is 6.06. The Morgan fingerprint density at radius 3 is 2.60 bits per heavy atom. The first-order valence-corrected chi connectivity index (χ1v) is 8.06. The van der Waals surface area contributed by atoms with Crippen LogP contribution in [0.4, 0.5) is 0 Å². The predicted octanol–water partition coefficient (Wildman–Crippen LogP) is 4.00. The van der Waals surface area contributed by atoms with E-state index in [0.29, 0.717) is 18.5 Å². The summed E-state index contributed by atoms with van der Waals surface area (Å²) in [6.07, 6.45) is 9.14. The Labute approximate surface area is 128 Å². The van der Waals surface area contributed by atoms with E-state index in [1.165, 1.54) is 36.9 Å². The van der Waals surface area contributed by atoms with Crippen LogP contribution in [0.1, 0.15) is 31.7 Å². The van der Waals surface area contributed by atoms with Crippen LogP contribution >= 0.6 is 15.9 Å². The second-order valence-electron chi connectivity index (χ2n) is 5.54. The summed E-state index contributed by atoms with van der Waals surface area (Å²) in [4.78, 5) is 4.36. The number of hydrogen-bond acceptors (Lipinski definition) is 2. The average molecular weight is 334 g/mol. The molecule has 2 N–H and O–H groups in total. The van der Waals surface area contributed by atoms with Crippen LogP contribution in [-0.2, 0) is 0 Å². The highest BCUT2D eigenvalue weighted by Gasteiger charge is 2.26. The lowest BCUT2D eigenvalue weighted by Crippen LogP contribution is -2.25. The van der Waals surface area contributed by atoms with Gasteiger partial charge in [0.1, 0.15) is 0 Å². The van der Waals surface area contributed by atoms with Crippen LogP contribution in [0.25, 0.3) is 11.3 Å². The highest BCUT2D eigenvalue weighted by Crippen LogP contribution is 2.36. The fourth-order valence-corrected chi connectivity index (χ4v) is 3.55. The summed E-state index contributed by atoms with van der Waals surface area (Å²) >= 11 is 3.48. The molecule has 3 rings (SSSR count). The summed E-state index contributed by atoms with van der Waals surface area (Å²) in [7, 11) is 0. The van der Waals surface area contributed by atoms with Crippen LogP contribution < -0.4 is 5.73 Å². The van der Waals surface area contributed by atoms with E-state index in [0.717, 1.165) is 4.47 Å². The van der Waals surface area contributed by atoms with Crippen molar-refractivity contribution in [3.8, 4) is 11.3 Å². The molecule has 0 spiro atoms. The number of imidazole rings is 1. The van der Waals surface area contributed by atoms with Gasteiger partial charge >= 0.3 is 0 Å². The van der Waals surface area contributed by atoms with Gasteiger partial charge in [-0.25, -0.2) is 4.98 Å². The third kappa shape index (κ3) is 2.67. The van der Waals surface area contributed by atoms with Gasteiger partial charge in [-0.2, -0.15) is 0 Å². The third-order valence-electron chi connectivity index (χ3n) is 4.35. The van der Waals surface area contributed by atoms with Crippen molar-refractivity contribution in [2.24, 2.45) is 11.7 Å². The number of benzene rings is 1. The van der Waals surface area contributed by atoms with Crippen molar-refractivity contribution in [3.05, 3.63) is 41.3 Å². The quantitative estimate of drug-likeness (QED) is 0.918. The Morgan fingerprint density at radius 1 is 1.25 bits per heavy atom. The Bertz CT molecular complexity index is 555. The molecule has 0 saturated heterocycles. The lowest BCUT2D eigenvalue weighted by molar-refractivity contribution is 0.344. The van der Waals surface area contributed by atoms with Gasteiger partial charge in [0.05, 0.1) is 24.3 Å². The predicted molar refractivity (Wildman–Crippen MR) is 85.4 cm³/mol. The largest absolute Gasteiger partial charge is 0.328 e. The molecule has 1 aliphatic rings. The summed E-state index contributed by atoms with van der Waals surface area (Å²) in [5, 5.41) is 0. The summed E-state index contributed by atoms with van der Waals surface area (Å²) in [6, 6.07) is 8.76. The lowest BCUT2D eigenvalue weighted by atomic mass is 9.97. The molecule has 1 fully saturated rings.